The van der Waals surface area contributed by atoms with Crippen LogP contribution >= 0.6 is 0 Å². The number of fused-ring (bicyclic) bond motifs is 1. The normalized spacial score (nSPS) is 21.9. The Balaban J connectivity index is 1.47. The number of nitrogens with one attached hydrogen (secondary N) is 1. The third kappa shape index (κ3) is 2.85. The molecule has 2 aromatic heterocycles. The van der Waals surface area contributed by atoms with E-state index in [-0.39, 0.29) is 11.5 Å². The Labute approximate surface area is 140 Å². The lowest BCUT2D eigenvalue weighted by Gasteiger charge is -2.18. The minimum Gasteiger partial charge on any atom is -0.342 e. The van der Waals surface area contributed by atoms with Crippen LogP contribution in [0.2, 0.25) is 0 Å². The number of likely N-dealkylation sites (tertiary alicyclic amines) is 1. The second kappa shape index (κ2) is 6.07. The summed E-state index contributed by atoms with van der Waals surface area (Å²) < 4.78 is 1.49. The first-order valence-corrected chi connectivity index (χ1v) is 8.97. The van der Waals surface area contributed by atoms with Crippen LogP contribution in [0, 0.1) is 12.8 Å². The molecule has 1 aliphatic carbocycles. The summed E-state index contributed by atoms with van der Waals surface area (Å²) in [5.41, 5.74) is 2.30. The van der Waals surface area contributed by atoms with Gasteiger partial charge in [0.1, 0.15) is 0 Å². The molecule has 1 atom stereocenters. The van der Waals surface area contributed by atoms with Gasteiger partial charge in [-0.2, -0.15) is 0 Å². The standard InChI is InChI=1S/C18H24N4O2/c1-12-8-18(24)22-16(19-12)10-15(20-22)14-6-7-21(11-14)17(23)9-13-4-2-3-5-13/h8,10,13-14,20H,2-7,9,11H2,1H3. The van der Waals surface area contributed by atoms with Crippen molar-refractivity contribution in [3.05, 3.63) is 33.9 Å². The van der Waals surface area contributed by atoms with Crippen LogP contribution in [0.5, 0.6) is 0 Å². The zero-order chi connectivity index (χ0) is 16.7. The van der Waals surface area contributed by atoms with Gasteiger partial charge in [0.15, 0.2) is 5.65 Å². The van der Waals surface area contributed by atoms with Crippen molar-refractivity contribution < 1.29 is 4.79 Å². The molecular formula is C18H24N4O2. The molecular weight excluding hydrogens is 304 g/mol. The van der Waals surface area contributed by atoms with Gasteiger partial charge in [0.05, 0.1) is 0 Å². The van der Waals surface area contributed by atoms with Crippen LogP contribution in [0.15, 0.2) is 16.9 Å². The van der Waals surface area contributed by atoms with Crippen LogP contribution < -0.4 is 5.56 Å². The van der Waals surface area contributed by atoms with Crippen LogP contribution in [-0.2, 0) is 4.79 Å². The van der Waals surface area contributed by atoms with Gasteiger partial charge in [0.2, 0.25) is 5.91 Å². The summed E-state index contributed by atoms with van der Waals surface area (Å²) in [7, 11) is 0. The number of nitrogens with zero attached hydrogens (tertiary/aromatic N) is 3. The topological polar surface area (TPSA) is 70.5 Å². The van der Waals surface area contributed by atoms with Crippen molar-refractivity contribution in [1.29, 1.82) is 0 Å². The summed E-state index contributed by atoms with van der Waals surface area (Å²) in [6, 6.07) is 3.48. The lowest BCUT2D eigenvalue weighted by molar-refractivity contribution is -0.131. The van der Waals surface area contributed by atoms with E-state index in [0.717, 1.165) is 30.9 Å². The summed E-state index contributed by atoms with van der Waals surface area (Å²) in [6.45, 7) is 3.38. The number of carbonyl (C=O) groups excluding carboxylic acids is 1. The van der Waals surface area contributed by atoms with Crippen LogP contribution in [0.4, 0.5) is 0 Å². The molecule has 2 aliphatic rings. The van der Waals surface area contributed by atoms with E-state index in [1.165, 1.54) is 36.3 Å². The zero-order valence-electron chi connectivity index (χ0n) is 14.1. The van der Waals surface area contributed by atoms with E-state index in [9.17, 15) is 9.59 Å². The first-order chi connectivity index (χ1) is 11.6. The third-order valence-corrected chi connectivity index (χ3v) is 5.52. The smallest absolute Gasteiger partial charge is 0.272 e. The maximum atomic E-state index is 12.5. The maximum Gasteiger partial charge on any atom is 0.272 e. The number of rotatable bonds is 3. The Kier molecular flexibility index (Phi) is 3.90. The molecule has 6 heteroatoms. The fourth-order valence-electron chi connectivity index (χ4n) is 4.17. The fraction of sp³-hybridized carbons (Fsp3) is 0.611. The van der Waals surface area contributed by atoms with Gasteiger partial charge in [-0.1, -0.05) is 12.8 Å². The molecule has 1 saturated carbocycles. The number of aromatic nitrogens is 3. The number of carbonyl (C=O) groups is 1. The molecule has 1 unspecified atom stereocenters. The lowest BCUT2D eigenvalue weighted by atomic mass is 10.0. The van der Waals surface area contributed by atoms with E-state index < -0.39 is 0 Å². The summed E-state index contributed by atoms with van der Waals surface area (Å²) in [5.74, 6) is 1.15. The highest BCUT2D eigenvalue weighted by molar-refractivity contribution is 5.77. The van der Waals surface area contributed by atoms with Crippen LogP contribution in [0.1, 0.15) is 55.8 Å². The van der Waals surface area contributed by atoms with E-state index in [1.807, 2.05) is 17.9 Å². The second-order valence-electron chi connectivity index (χ2n) is 7.32. The molecule has 0 spiro atoms. The van der Waals surface area contributed by atoms with Gasteiger partial charge >= 0.3 is 0 Å². The van der Waals surface area contributed by atoms with Gasteiger partial charge in [-0.25, -0.2) is 9.50 Å². The molecule has 3 heterocycles. The Morgan fingerprint density at radius 3 is 2.88 bits per heavy atom. The molecule has 1 N–H and O–H groups in total. The molecule has 0 aromatic carbocycles. The first-order valence-electron chi connectivity index (χ1n) is 8.97. The number of aromatic amines is 1. The fourth-order valence-corrected chi connectivity index (χ4v) is 4.17. The van der Waals surface area contributed by atoms with Gasteiger partial charge in [-0.3, -0.25) is 14.7 Å². The molecule has 24 heavy (non-hydrogen) atoms. The number of hydrogen-bond acceptors (Lipinski definition) is 3. The van der Waals surface area contributed by atoms with Gasteiger partial charge in [0.25, 0.3) is 5.56 Å². The summed E-state index contributed by atoms with van der Waals surface area (Å²) in [4.78, 5) is 30.9. The molecule has 0 bridgehead atoms. The number of amides is 1. The van der Waals surface area contributed by atoms with Crippen molar-refractivity contribution in [3.8, 4) is 0 Å². The predicted octanol–water partition coefficient (Wildman–Crippen LogP) is 2.23. The molecule has 6 nitrogen and oxygen atoms in total. The van der Waals surface area contributed by atoms with Crippen molar-refractivity contribution in [2.75, 3.05) is 13.1 Å². The Hall–Kier alpha value is -2.11. The van der Waals surface area contributed by atoms with Gasteiger partial charge < -0.3 is 4.90 Å². The molecule has 1 saturated heterocycles. The Bertz CT molecular complexity index is 816. The van der Waals surface area contributed by atoms with Crippen molar-refractivity contribution in [3.63, 3.8) is 0 Å². The predicted molar refractivity (Wildman–Crippen MR) is 91.1 cm³/mol. The van der Waals surface area contributed by atoms with Crippen LogP contribution in [-0.4, -0.2) is 38.5 Å². The summed E-state index contributed by atoms with van der Waals surface area (Å²) in [6.07, 6.45) is 6.61. The van der Waals surface area contributed by atoms with Crippen molar-refractivity contribution >= 4 is 11.6 Å². The van der Waals surface area contributed by atoms with Crippen LogP contribution in [0.25, 0.3) is 5.65 Å². The van der Waals surface area contributed by atoms with E-state index >= 15 is 0 Å². The Morgan fingerprint density at radius 2 is 2.08 bits per heavy atom. The maximum absolute atomic E-state index is 12.5. The lowest BCUT2D eigenvalue weighted by Crippen LogP contribution is -2.29. The Morgan fingerprint density at radius 1 is 1.29 bits per heavy atom. The van der Waals surface area contributed by atoms with E-state index in [2.05, 4.69) is 10.1 Å². The van der Waals surface area contributed by atoms with Gasteiger partial charge in [-0.05, 0) is 32.1 Å². The summed E-state index contributed by atoms with van der Waals surface area (Å²) >= 11 is 0. The highest BCUT2D eigenvalue weighted by Crippen LogP contribution is 2.31. The number of H-pyrrole nitrogens is 1. The largest absolute Gasteiger partial charge is 0.342 e. The number of hydrogen-bond donors (Lipinski definition) is 1. The first kappa shape index (κ1) is 15.4. The third-order valence-electron chi connectivity index (χ3n) is 5.52. The highest BCUT2D eigenvalue weighted by atomic mass is 16.2. The highest BCUT2D eigenvalue weighted by Gasteiger charge is 2.30. The molecule has 4 rings (SSSR count). The quantitative estimate of drug-likeness (QED) is 0.939. The van der Waals surface area contributed by atoms with E-state index in [0.29, 0.717) is 23.9 Å². The van der Waals surface area contributed by atoms with E-state index in [4.69, 9.17) is 0 Å². The SMILES string of the molecule is Cc1cc(=O)n2[nH]c(C3CCN(C(=O)CC4CCCC4)C3)cc2n1. The second-order valence-corrected chi connectivity index (χ2v) is 7.32. The number of aryl methyl sites for hydroxylation is 1. The molecule has 0 radical (unpaired) electrons. The molecule has 1 amide bonds. The molecule has 2 aromatic rings. The van der Waals surface area contributed by atoms with Crippen LogP contribution in [0.3, 0.4) is 0 Å². The molecule has 128 valence electrons. The average Bonchev–Trinajstić information content (AvgIpc) is 3.26. The molecule has 1 aliphatic heterocycles. The van der Waals surface area contributed by atoms with Crippen molar-refractivity contribution in [2.24, 2.45) is 5.92 Å². The zero-order valence-corrected chi connectivity index (χ0v) is 14.1. The average molecular weight is 328 g/mol. The van der Waals surface area contributed by atoms with Gasteiger partial charge in [0, 0.05) is 48.9 Å². The van der Waals surface area contributed by atoms with Gasteiger partial charge in [-0.15, -0.1) is 0 Å². The molecule has 2 fully saturated rings. The van der Waals surface area contributed by atoms with E-state index in [1.54, 1.807) is 0 Å². The minimum absolute atomic E-state index is 0.0871. The minimum atomic E-state index is -0.0871. The van der Waals surface area contributed by atoms with Crippen molar-refractivity contribution in [1.82, 2.24) is 19.5 Å². The summed E-state index contributed by atoms with van der Waals surface area (Å²) in [5, 5.41) is 3.17. The monoisotopic (exact) mass is 328 g/mol. The van der Waals surface area contributed by atoms with Crippen molar-refractivity contribution in [2.45, 2.75) is 51.4 Å².